The minimum atomic E-state index is -4.53. The number of para-hydroxylation sites is 1. The van der Waals surface area contributed by atoms with Crippen LogP contribution < -0.4 is 5.56 Å². The molecule has 0 spiro atoms. The maximum absolute atomic E-state index is 13.1. The third kappa shape index (κ3) is 3.44. The van der Waals surface area contributed by atoms with Gasteiger partial charge in [0, 0.05) is 0 Å². The topological polar surface area (TPSA) is 58.7 Å². The Balaban J connectivity index is 2.30. The summed E-state index contributed by atoms with van der Waals surface area (Å²) < 4.78 is 40.3. The molecular formula is C18H12F3N3OS. The van der Waals surface area contributed by atoms with Gasteiger partial charge in [0.15, 0.2) is 5.16 Å². The standard InChI is InChI=1S/C18H12F3N3OS/c1-11(10-22)26-17-23-15-8-3-2-7-14(15)16(25)24(17)13-6-4-5-12(9-13)18(19,20)21/h2-9,11H,1H3/t11-/m0/s1. The van der Waals surface area contributed by atoms with Crippen molar-refractivity contribution in [2.75, 3.05) is 0 Å². The Morgan fingerprint density at radius 2 is 1.92 bits per heavy atom. The molecule has 26 heavy (non-hydrogen) atoms. The zero-order valence-electron chi connectivity index (χ0n) is 13.5. The van der Waals surface area contributed by atoms with Crippen LogP contribution in [0.3, 0.4) is 0 Å². The van der Waals surface area contributed by atoms with E-state index in [9.17, 15) is 18.0 Å². The van der Waals surface area contributed by atoms with Crippen LogP contribution in [0.1, 0.15) is 12.5 Å². The predicted molar refractivity (Wildman–Crippen MR) is 93.3 cm³/mol. The molecule has 0 N–H and O–H groups in total. The summed E-state index contributed by atoms with van der Waals surface area (Å²) >= 11 is 1.02. The third-order valence-electron chi connectivity index (χ3n) is 3.64. The van der Waals surface area contributed by atoms with E-state index >= 15 is 0 Å². The van der Waals surface area contributed by atoms with Crippen LogP contribution in [0.5, 0.6) is 0 Å². The first-order chi connectivity index (χ1) is 12.3. The Kier molecular flexibility index (Phi) is 4.74. The van der Waals surface area contributed by atoms with Crippen LogP contribution >= 0.6 is 11.8 Å². The second kappa shape index (κ2) is 6.84. The van der Waals surface area contributed by atoms with Crippen molar-refractivity contribution >= 4 is 22.7 Å². The van der Waals surface area contributed by atoms with Gasteiger partial charge in [0.1, 0.15) is 0 Å². The summed E-state index contributed by atoms with van der Waals surface area (Å²) in [5.74, 6) is 0. The fourth-order valence-electron chi connectivity index (χ4n) is 2.42. The molecule has 3 rings (SSSR count). The molecule has 4 nitrogen and oxygen atoms in total. The van der Waals surface area contributed by atoms with Gasteiger partial charge in [0.2, 0.25) is 0 Å². The zero-order chi connectivity index (χ0) is 18.9. The molecule has 0 saturated heterocycles. The molecule has 0 aliphatic carbocycles. The minimum absolute atomic E-state index is 0.0516. The molecule has 132 valence electrons. The lowest BCUT2D eigenvalue weighted by molar-refractivity contribution is -0.137. The Morgan fingerprint density at radius 3 is 2.62 bits per heavy atom. The highest BCUT2D eigenvalue weighted by atomic mass is 32.2. The van der Waals surface area contributed by atoms with E-state index in [4.69, 9.17) is 5.26 Å². The average Bonchev–Trinajstić information content (AvgIpc) is 2.61. The minimum Gasteiger partial charge on any atom is -0.268 e. The van der Waals surface area contributed by atoms with E-state index in [-0.39, 0.29) is 10.8 Å². The Hall–Kier alpha value is -2.79. The van der Waals surface area contributed by atoms with Crippen LogP contribution in [0.4, 0.5) is 13.2 Å². The summed E-state index contributed by atoms with van der Waals surface area (Å²) in [6, 6.07) is 13.1. The molecule has 0 fully saturated rings. The monoisotopic (exact) mass is 375 g/mol. The van der Waals surface area contributed by atoms with Crippen molar-refractivity contribution in [3.63, 3.8) is 0 Å². The van der Waals surface area contributed by atoms with Gasteiger partial charge in [0.25, 0.3) is 5.56 Å². The molecule has 1 atom stereocenters. The maximum atomic E-state index is 13.1. The number of aromatic nitrogens is 2. The maximum Gasteiger partial charge on any atom is 0.416 e. The summed E-state index contributed by atoms with van der Waals surface area (Å²) in [6.07, 6.45) is -4.53. The first-order valence-electron chi connectivity index (χ1n) is 7.57. The van der Waals surface area contributed by atoms with Crippen molar-refractivity contribution in [3.8, 4) is 11.8 Å². The fourth-order valence-corrected chi connectivity index (χ4v) is 3.24. The molecule has 1 aromatic heterocycles. The van der Waals surface area contributed by atoms with Gasteiger partial charge in [-0.2, -0.15) is 18.4 Å². The van der Waals surface area contributed by atoms with Gasteiger partial charge < -0.3 is 0 Å². The first-order valence-corrected chi connectivity index (χ1v) is 8.45. The average molecular weight is 375 g/mol. The van der Waals surface area contributed by atoms with Crippen molar-refractivity contribution in [1.29, 1.82) is 5.26 Å². The number of fused-ring (bicyclic) bond motifs is 1. The Morgan fingerprint density at radius 1 is 1.19 bits per heavy atom. The number of benzene rings is 2. The third-order valence-corrected chi connectivity index (χ3v) is 4.58. The summed E-state index contributed by atoms with van der Waals surface area (Å²) in [4.78, 5) is 17.3. The van der Waals surface area contributed by atoms with E-state index in [2.05, 4.69) is 4.98 Å². The Bertz CT molecular complexity index is 1070. The quantitative estimate of drug-likeness (QED) is 0.503. The summed E-state index contributed by atoms with van der Waals surface area (Å²) in [5.41, 5.74) is -0.869. The van der Waals surface area contributed by atoms with Crippen LogP contribution in [0.15, 0.2) is 58.5 Å². The second-order valence-electron chi connectivity index (χ2n) is 5.49. The molecule has 2 aromatic carbocycles. The van der Waals surface area contributed by atoms with Gasteiger partial charge in [-0.15, -0.1) is 0 Å². The number of rotatable bonds is 3. The van der Waals surface area contributed by atoms with E-state index < -0.39 is 22.5 Å². The lowest BCUT2D eigenvalue weighted by Gasteiger charge is -2.15. The number of nitriles is 1. The van der Waals surface area contributed by atoms with Gasteiger partial charge >= 0.3 is 6.18 Å². The van der Waals surface area contributed by atoms with E-state index in [1.165, 1.54) is 12.1 Å². The molecular weight excluding hydrogens is 363 g/mol. The van der Waals surface area contributed by atoms with Gasteiger partial charge in [-0.05, 0) is 37.3 Å². The highest BCUT2D eigenvalue weighted by molar-refractivity contribution is 8.00. The molecule has 1 heterocycles. The van der Waals surface area contributed by atoms with Gasteiger partial charge in [-0.25, -0.2) is 4.98 Å². The highest BCUT2D eigenvalue weighted by Gasteiger charge is 2.31. The SMILES string of the molecule is C[C@@H](C#N)Sc1nc2ccccc2c(=O)n1-c1cccc(C(F)(F)F)c1. The van der Waals surface area contributed by atoms with E-state index in [1.54, 1.807) is 31.2 Å². The lowest BCUT2D eigenvalue weighted by Crippen LogP contribution is -2.22. The zero-order valence-corrected chi connectivity index (χ0v) is 14.3. The van der Waals surface area contributed by atoms with E-state index in [0.29, 0.717) is 10.9 Å². The number of hydrogen-bond acceptors (Lipinski definition) is 4. The second-order valence-corrected chi connectivity index (χ2v) is 6.80. The molecule has 0 unspecified atom stereocenters. The number of nitrogens with zero attached hydrogens (tertiary/aromatic N) is 3. The molecule has 0 saturated carbocycles. The molecule has 3 aromatic rings. The van der Waals surface area contributed by atoms with Crippen molar-refractivity contribution < 1.29 is 13.2 Å². The summed E-state index contributed by atoms with van der Waals surface area (Å²) in [7, 11) is 0. The molecule has 8 heteroatoms. The van der Waals surface area contributed by atoms with Gasteiger partial charge in [-0.1, -0.05) is 30.0 Å². The number of hydrogen-bond donors (Lipinski definition) is 0. The first kappa shape index (κ1) is 18.0. The van der Waals surface area contributed by atoms with E-state index in [1.807, 2.05) is 6.07 Å². The number of alkyl halides is 3. The Labute approximate surface area is 150 Å². The number of thioether (sulfide) groups is 1. The molecule has 0 radical (unpaired) electrons. The lowest BCUT2D eigenvalue weighted by atomic mass is 10.2. The van der Waals surface area contributed by atoms with Crippen LogP contribution in [-0.4, -0.2) is 14.8 Å². The normalized spacial score (nSPS) is 12.7. The van der Waals surface area contributed by atoms with Crippen molar-refractivity contribution in [3.05, 3.63) is 64.4 Å². The fraction of sp³-hybridized carbons (Fsp3) is 0.167. The van der Waals surface area contributed by atoms with Crippen LogP contribution in [0.25, 0.3) is 16.6 Å². The van der Waals surface area contributed by atoms with Crippen LogP contribution in [-0.2, 0) is 6.18 Å². The van der Waals surface area contributed by atoms with Gasteiger partial charge in [-0.3, -0.25) is 9.36 Å². The van der Waals surface area contributed by atoms with Crippen LogP contribution in [0, 0.1) is 11.3 Å². The number of halogens is 3. The summed E-state index contributed by atoms with van der Waals surface area (Å²) in [5, 5.41) is 8.99. The predicted octanol–water partition coefficient (Wildman–Crippen LogP) is 4.41. The molecule has 0 bridgehead atoms. The van der Waals surface area contributed by atoms with Crippen molar-refractivity contribution in [2.45, 2.75) is 23.5 Å². The van der Waals surface area contributed by atoms with Crippen LogP contribution in [0.2, 0.25) is 0 Å². The highest BCUT2D eigenvalue weighted by Crippen LogP contribution is 2.31. The van der Waals surface area contributed by atoms with Gasteiger partial charge in [0.05, 0.1) is 33.5 Å². The molecule has 0 amide bonds. The van der Waals surface area contributed by atoms with Crippen molar-refractivity contribution in [1.82, 2.24) is 9.55 Å². The van der Waals surface area contributed by atoms with Crippen molar-refractivity contribution in [2.24, 2.45) is 0 Å². The molecule has 0 aliphatic rings. The largest absolute Gasteiger partial charge is 0.416 e. The summed E-state index contributed by atoms with van der Waals surface area (Å²) in [6.45, 7) is 1.63. The molecule has 0 aliphatic heterocycles. The smallest absolute Gasteiger partial charge is 0.268 e. The van der Waals surface area contributed by atoms with E-state index in [0.717, 1.165) is 28.5 Å².